The second kappa shape index (κ2) is 5.49. The van der Waals surface area contributed by atoms with Gasteiger partial charge in [-0.05, 0) is 48.9 Å². The highest BCUT2D eigenvalue weighted by Crippen LogP contribution is 2.24. The standard InChI is InChI=1S/C14H16N2O/c15-9-3-6-14(17)16-13-8-7-11-4-1-2-5-12(11)10-13/h7-8,10H,1-6H2,(H,16,17). The summed E-state index contributed by atoms with van der Waals surface area (Å²) in [5.41, 5.74) is 3.62. The Labute approximate surface area is 101 Å². The Morgan fingerprint density at radius 3 is 2.82 bits per heavy atom. The summed E-state index contributed by atoms with van der Waals surface area (Å²) in [5.74, 6) is -0.0812. The van der Waals surface area contributed by atoms with E-state index in [1.54, 1.807) is 0 Å². The summed E-state index contributed by atoms with van der Waals surface area (Å²) in [4.78, 5) is 11.5. The smallest absolute Gasteiger partial charge is 0.225 e. The highest BCUT2D eigenvalue weighted by Gasteiger charge is 2.10. The second-order valence-corrected chi connectivity index (χ2v) is 4.40. The molecule has 1 aromatic rings. The number of hydrogen-bond acceptors (Lipinski definition) is 2. The molecule has 0 atom stereocenters. The Bertz CT molecular complexity index is 460. The van der Waals surface area contributed by atoms with Crippen molar-refractivity contribution in [2.75, 3.05) is 5.32 Å². The average molecular weight is 228 g/mol. The molecule has 3 heteroatoms. The van der Waals surface area contributed by atoms with Crippen molar-refractivity contribution in [1.82, 2.24) is 0 Å². The van der Waals surface area contributed by atoms with Crippen LogP contribution in [0, 0.1) is 11.3 Å². The molecule has 17 heavy (non-hydrogen) atoms. The van der Waals surface area contributed by atoms with E-state index >= 15 is 0 Å². The predicted molar refractivity (Wildman–Crippen MR) is 66.6 cm³/mol. The van der Waals surface area contributed by atoms with Gasteiger partial charge in [-0.25, -0.2) is 0 Å². The summed E-state index contributed by atoms with van der Waals surface area (Å²) in [6.07, 6.45) is 5.30. The number of rotatable bonds is 3. The highest BCUT2D eigenvalue weighted by atomic mass is 16.1. The summed E-state index contributed by atoms with van der Waals surface area (Å²) < 4.78 is 0. The fraction of sp³-hybridized carbons (Fsp3) is 0.429. The molecule has 0 heterocycles. The first kappa shape index (κ1) is 11.7. The molecule has 1 aromatic carbocycles. The van der Waals surface area contributed by atoms with Crippen molar-refractivity contribution in [3.63, 3.8) is 0 Å². The third-order valence-electron chi connectivity index (χ3n) is 3.10. The van der Waals surface area contributed by atoms with Gasteiger partial charge >= 0.3 is 0 Å². The van der Waals surface area contributed by atoms with E-state index in [9.17, 15) is 4.79 Å². The summed E-state index contributed by atoms with van der Waals surface area (Å²) in [5, 5.41) is 11.2. The lowest BCUT2D eigenvalue weighted by atomic mass is 9.91. The van der Waals surface area contributed by atoms with Gasteiger partial charge in [-0.2, -0.15) is 5.26 Å². The first-order valence-electron chi connectivity index (χ1n) is 6.08. The summed E-state index contributed by atoms with van der Waals surface area (Å²) in [7, 11) is 0. The van der Waals surface area contributed by atoms with Gasteiger partial charge in [-0.1, -0.05) is 6.07 Å². The molecule has 1 aliphatic carbocycles. The van der Waals surface area contributed by atoms with Crippen LogP contribution in [-0.4, -0.2) is 5.91 Å². The highest BCUT2D eigenvalue weighted by molar-refractivity contribution is 5.90. The van der Waals surface area contributed by atoms with Crippen molar-refractivity contribution in [1.29, 1.82) is 5.26 Å². The van der Waals surface area contributed by atoms with Gasteiger partial charge < -0.3 is 5.32 Å². The summed E-state index contributed by atoms with van der Waals surface area (Å²) in [6, 6.07) is 8.10. The van der Waals surface area contributed by atoms with Crippen LogP contribution in [0.15, 0.2) is 18.2 Å². The van der Waals surface area contributed by atoms with Gasteiger partial charge in [0.1, 0.15) is 0 Å². The van der Waals surface area contributed by atoms with Gasteiger partial charge in [0.2, 0.25) is 5.91 Å². The lowest BCUT2D eigenvalue weighted by Crippen LogP contribution is -2.12. The monoisotopic (exact) mass is 228 g/mol. The molecule has 0 unspecified atom stereocenters. The maximum Gasteiger partial charge on any atom is 0.225 e. The Balaban J connectivity index is 2.02. The largest absolute Gasteiger partial charge is 0.326 e. The second-order valence-electron chi connectivity index (χ2n) is 4.40. The molecule has 1 aliphatic rings. The molecule has 0 aromatic heterocycles. The lowest BCUT2D eigenvalue weighted by Gasteiger charge is -2.16. The topological polar surface area (TPSA) is 52.9 Å². The molecule has 88 valence electrons. The van der Waals surface area contributed by atoms with Crippen molar-refractivity contribution in [2.24, 2.45) is 0 Å². The van der Waals surface area contributed by atoms with Crippen LogP contribution in [0.5, 0.6) is 0 Å². The fourth-order valence-electron chi connectivity index (χ4n) is 2.20. The van der Waals surface area contributed by atoms with Gasteiger partial charge in [0.25, 0.3) is 0 Å². The van der Waals surface area contributed by atoms with E-state index in [1.807, 2.05) is 12.1 Å². The van der Waals surface area contributed by atoms with Crippen LogP contribution in [-0.2, 0) is 17.6 Å². The third kappa shape index (κ3) is 3.07. The molecule has 0 saturated heterocycles. The summed E-state index contributed by atoms with van der Waals surface area (Å²) >= 11 is 0. The predicted octanol–water partition coefficient (Wildman–Crippen LogP) is 2.81. The van der Waals surface area contributed by atoms with E-state index in [0.717, 1.165) is 18.5 Å². The number of benzene rings is 1. The molecule has 0 saturated carbocycles. The van der Waals surface area contributed by atoms with Crippen LogP contribution in [0.1, 0.15) is 36.8 Å². The van der Waals surface area contributed by atoms with Crippen molar-refractivity contribution in [3.05, 3.63) is 29.3 Å². The minimum Gasteiger partial charge on any atom is -0.326 e. The van der Waals surface area contributed by atoms with Gasteiger partial charge in [0.15, 0.2) is 0 Å². The van der Waals surface area contributed by atoms with Crippen LogP contribution < -0.4 is 5.32 Å². The SMILES string of the molecule is N#CCCC(=O)Nc1ccc2c(c1)CCCC2. The Morgan fingerprint density at radius 1 is 1.29 bits per heavy atom. The number of nitrogens with zero attached hydrogens (tertiary/aromatic N) is 1. The molecule has 2 rings (SSSR count). The fourth-order valence-corrected chi connectivity index (χ4v) is 2.20. The molecule has 0 fully saturated rings. The number of amides is 1. The number of nitrogens with one attached hydrogen (secondary N) is 1. The van der Waals surface area contributed by atoms with Crippen molar-refractivity contribution in [2.45, 2.75) is 38.5 Å². The zero-order valence-corrected chi connectivity index (χ0v) is 9.83. The number of aryl methyl sites for hydroxylation is 2. The molecule has 3 nitrogen and oxygen atoms in total. The van der Waals surface area contributed by atoms with E-state index in [4.69, 9.17) is 5.26 Å². The van der Waals surface area contributed by atoms with E-state index in [2.05, 4.69) is 17.4 Å². The van der Waals surface area contributed by atoms with Gasteiger partial charge in [-0.15, -0.1) is 0 Å². The van der Waals surface area contributed by atoms with E-state index < -0.39 is 0 Å². The number of anilines is 1. The number of hydrogen-bond donors (Lipinski definition) is 1. The Hall–Kier alpha value is -1.82. The maximum atomic E-state index is 11.5. The van der Waals surface area contributed by atoms with Crippen LogP contribution in [0.3, 0.4) is 0 Å². The van der Waals surface area contributed by atoms with Crippen LogP contribution in [0.2, 0.25) is 0 Å². The molecule has 0 bridgehead atoms. The van der Waals surface area contributed by atoms with Gasteiger partial charge in [0.05, 0.1) is 6.07 Å². The lowest BCUT2D eigenvalue weighted by molar-refractivity contribution is -0.116. The van der Waals surface area contributed by atoms with E-state index in [1.165, 1.54) is 24.0 Å². The number of nitriles is 1. The molecular formula is C14H16N2O. The minimum absolute atomic E-state index is 0.0812. The van der Waals surface area contributed by atoms with Crippen LogP contribution in [0.25, 0.3) is 0 Å². The first-order chi connectivity index (χ1) is 8.29. The van der Waals surface area contributed by atoms with Crippen molar-refractivity contribution >= 4 is 11.6 Å². The summed E-state index contributed by atoms with van der Waals surface area (Å²) in [6.45, 7) is 0. The molecular weight excluding hydrogens is 212 g/mol. The van der Waals surface area contributed by atoms with E-state index in [-0.39, 0.29) is 18.7 Å². The zero-order chi connectivity index (χ0) is 12.1. The quantitative estimate of drug-likeness (QED) is 0.864. The molecule has 0 aliphatic heterocycles. The maximum absolute atomic E-state index is 11.5. The van der Waals surface area contributed by atoms with Crippen molar-refractivity contribution < 1.29 is 4.79 Å². The number of carbonyl (C=O) groups excluding carboxylic acids is 1. The van der Waals surface area contributed by atoms with Gasteiger partial charge in [-0.3, -0.25) is 4.79 Å². The normalized spacial score (nSPS) is 13.6. The molecule has 1 N–H and O–H groups in total. The first-order valence-corrected chi connectivity index (χ1v) is 6.08. The third-order valence-corrected chi connectivity index (χ3v) is 3.10. The van der Waals surface area contributed by atoms with E-state index in [0.29, 0.717) is 0 Å². The van der Waals surface area contributed by atoms with Crippen LogP contribution >= 0.6 is 0 Å². The Kier molecular flexibility index (Phi) is 3.77. The Morgan fingerprint density at radius 2 is 2.06 bits per heavy atom. The molecule has 1 amide bonds. The minimum atomic E-state index is -0.0812. The number of carbonyl (C=O) groups is 1. The molecule has 0 radical (unpaired) electrons. The molecule has 0 spiro atoms. The number of fused-ring (bicyclic) bond motifs is 1. The average Bonchev–Trinajstić information content (AvgIpc) is 2.36. The zero-order valence-electron chi connectivity index (χ0n) is 9.83. The van der Waals surface area contributed by atoms with Crippen LogP contribution in [0.4, 0.5) is 5.69 Å². The van der Waals surface area contributed by atoms with Gasteiger partial charge in [0, 0.05) is 18.5 Å². The van der Waals surface area contributed by atoms with Crippen molar-refractivity contribution in [3.8, 4) is 6.07 Å².